The second-order valence-electron chi connectivity index (χ2n) is 6.84. The number of rotatable bonds is 4. The van der Waals surface area contributed by atoms with E-state index in [9.17, 15) is 8.42 Å². The van der Waals surface area contributed by atoms with Gasteiger partial charge in [0.05, 0.1) is 11.4 Å². The van der Waals surface area contributed by atoms with Gasteiger partial charge in [-0.2, -0.15) is 4.31 Å². The number of benzene rings is 1. The quantitative estimate of drug-likeness (QED) is 0.799. The molecule has 4 rings (SSSR count). The van der Waals surface area contributed by atoms with E-state index in [-0.39, 0.29) is 6.10 Å². The Bertz CT molecular complexity index is 917. The van der Waals surface area contributed by atoms with E-state index in [0.717, 1.165) is 19.3 Å². The minimum Gasteiger partial charge on any atom is -0.487 e. The molecular weight excluding hydrogens is 372 g/mol. The van der Waals surface area contributed by atoms with E-state index in [1.165, 1.54) is 28.0 Å². The topological polar surface area (TPSA) is 59.5 Å². The summed E-state index contributed by atoms with van der Waals surface area (Å²) in [5, 5.41) is 0.434. The number of halogens is 1. The normalized spacial score (nSPS) is 20.7. The largest absolute Gasteiger partial charge is 0.487 e. The van der Waals surface area contributed by atoms with Crippen molar-refractivity contribution in [1.82, 2.24) is 9.29 Å². The average molecular weight is 393 g/mol. The van der Waals surface area contributed by atoms with Crippen molar-refractivity contribution in [2.75, 3.05) is 13.1 Å². The first kappa shape index (κ1) is 17.8. The number of sulfonamides is 1. The lowest BCUT2D eigenvalue weighted by Gasteiger charge is -2.20. The van der Waals surface area contributed by atoms with Crippen LogP contribution in [0, 0.1) is 0 Å². The zero-order chi connectivity index (χ0) is 18.1. The molecule has 2 heterocycles. The highest BCUT2D eigenvalue weighted by atomic mass is 35.5. The highest BCUT2D eigenvalue weighted by Gasteiger charge is 2.34. The van der Waals surface area contributed by atoms with E-state index < -0.39 is 10.0 Å². The lowest BCUT2D eigenvalue weighted by Crippen LogP contribution is -2.31. The van der Waals surface area contributed by atoms with Gasteiger partial charge in [-0.15, -0.1) is 0 Å². The van der Waals surface area contributed by atoms with Gasteiger partial charge in [-0.1, -0.05) is 17.7 Å². The predicted molar refractivity (Wildman–Crippen MR) is 100 cm³/mol. The fourth-order valence-electron chi connectivity index (χ4n) is 3.67. The molecule has 0 bridgehead atoms. The Morgan fingerprint density at radius 1 is 1.15 bits per heavy atom. The molecule has 2 aromatic rings. The van der Waals surface area contributed by atoms with Gasteiger partial charge in [0.1, 0.15) is 16.9 Å². The molecule has 0 unspecified atom stereocenters. The zero-order valence-corrected chi connectivity index (χ0v) is 16.0. The molecule has 1 saturated heterocycles. The minimum atomic E-state index is -3.50. The zero-order valence-electron chi connectivity index (χ0n) is 14.4. The third-order valence-corrected chi connectivity index (χ3v) is 7.24. The monoisotopic (exact) mass is 392 g/mol. The van der Waals surface area contributed by atoms with Crippen LogP contribution < -0.4 is 4.74 Å². The Morgan fingerprint density at radius 3 is 2.77 bits per heavy atom. The third kappa shape index (κ3) is 3.46. The second kappa shape index (κ2) is 7.18. The molecular formula is C19H21ClN2O3S. The van der Waals surface area contributed by atoms with Crippen LogP contribution in [0.5, 0.6) is 5.75 Å². The molecule has 1 aromatic heterocycles. The van der Waals surface area contributed by atoms with Crippen molar-refractivity contribution < 1.29 is 13.2 Å². The average Bonchev–Trinajstić information content (AvgIpc) is 3.13. The second-order valence-corrected chi connectivity index (χ2v) is 9.18. The van der Waals surface area contributed by atoms with Gasteiger partial charge in [0, 0.05) is 25.0 Å². The molecule has 0 saturated carbocycles. The fraction of sp³-hybridized carbons (Fsp3) is 0.421. The Balaban J connectivity index is 1.50. The molecule has 0 amide bonds. The van der Waals surface area contributed by atoms with Gasteiger partial charge in [-0.25, -0.2) is 8.42 Å². The van der Waals surface area contributed by atoms with Gasteiger partial charge >= 0.3 is 0 Å². The number of hydrogen-bond donors (Lipinski definition) is 0. The number of aromatic nitrogens is 1. The van der Waals surface area contributed by atoms with Crippen molar-refractivity contribution in [3.05, 3.63) is 52.8 Å². The summed E-state index contributed by atoms with van der Waals surface area (Å²) < 4.78 is 33.4. The van der Waals surface area contributed by atoms with Crippen molar-refractivity contribution in [3.8, 4) is 5.75 Å². The van der Waals surface area contributed by atoms with Crippen molar-refractivity contribution >= 4 is 21.6 Å². The van der Waals surface area contributed by atoms with Crippen LogP contribution in [0.3, 0.4) is 0 Å². The molecule has 1 aliphatic heterocycles. The Hall–Kier alpha value is -1.63. The third-order valence-electron chi connectivity index (χ3n) is 5.09. The first-order valence-electron chi connectivity index (χ1n) is 8.92. The number of fused-ring (bicyclic) bond motifs is 1. The van der Waals surface area contributed by atoms with Gasteiger partial charge in [-0.3, -0.25) is 4.98 Å². The summed E-state index contributed by atoms with van der Waals surface area (Å²) in [6, 6.07) is 7.27. The SMILES string of the molecule is O=S(=O)(c1ccc2c(c1)CCCC2)N1CC[C@H](Oc2ccncc2Cl)C1. The molecule has 1 aromatic carbocycles. The molecule has 0 spiro atoms. The molecule has 1 fully saturated rings. The Morgan fingerprint density at radius 2 is 1.96 bits per heavy atom. The lowest BCUT2D eigenvalue weighted by atomic mass is 9.92. The standard InChI is InChI=1S/C19H21ClN2O3S/c20-18-12-21-9-7-19(18)25-16-8-10-22(13-16)26(23,24)17-6-5-14-3-1-2-4-15(14)11-17/h5-7,9,11-12,16H,1-4,8,10,13H2/t16-/m0/s1. The van der Waals surface area contributed by atoms with E-state index in [2.05, 4.69) is 4.98 Å². The minimum absolute atomic E-state index is 0.206. The summed E-state index contributed by atoms with van der Waals surface area (Å²) >= 11 is 6.07. The summed E-state index contributed by atoms with van der Waals surface area (Å²) in [5.41, 5.74) is 2.46. The van der Waals surface area contributed by atoms with Crippen LogP contribution in [0.15, 0.2) is 41.6 Å². The van der Waals surface area contributed by atoms with Gasteiger partial charge in [0.2, 0.25) is 10.0 Å². The molecule has 0 N–H and O–H groups in total. The number of pyridine rings is 1. The summed E-state index contributed by atoms with van der Waals surface area (Å²) in [6.07, 6.45) is 7.88. The molecule has 5 nitrogen and oxygen atoms in total. The van der Waals surface area contributed by atoms with Crippen molar-refractivity contribution in [2.45, 2.75) is 43.1 Å². The summed E-state index contributed by atoms with van der Waals surface area (Å²) in [4.78, 5) is 4.32. The summed E-state index contributed by atoms with van der Waals surface area (Å²) in [7, 11) is -3.50. The van der Waals surface area contributed by atoms with Gasteiger partial charge in [-0.05, 0) is 55.4 Å². The Kier molecular flexibility index (Phi) is 4.90. The van der Waals surface area contributed by atoms with Crippen LogP contribution in [0.25, 0.3) is 0 Å². The molecule has 1 atom stereocenters. The maximum Gasteiger partial charge on any atom is 0.243 e. The van der Waals surface area contributed by atoms with E-state index >= 15 is 0 Å². The van der Waals surface area contributed by atoms with Gasteiger partial charge in [0.15, 0.2) is 0 Å². The molecule has 26 heavy (non-hydrogen) atoms. The van der Waals surface area contributed by atoms with Crippen molar-refractivity contribution in [1.29, 1.82) is 0 Å². The van der Waals surface area contributed by atoms with Crippen LogP contribution in [0.1, 0.15) is 30.4 Å². The highest BCUT2D eigenvalue weighted by molar-refractivity contribution is 7.89. The molecule has 7 heteroatoms. The number of hydrogen-bond acceptors (Lipinski definition) is 4. The van der Waals surface area contributed by atoms with Crippen LogP contribution in [0.4, 0.5) is 0 Å². The molecule has 2 aliphatic rings. The van der Waals surface area contributed by atoms with E-state index in [1.807, 2.05) is 12.1 Å². The maximum atomic E-state index is 13.0. The number of ether oxygens (including phenoxy) is 1. The van der Waals surface area contributed by atoms with E-state index in [1.54, 1.807) is 18.3 Å². The first-order chi connectivity index (χ1) is 12.5. The van der Waals surface area contributed by atoms with Crippen molar-refractivity contribution in [3.63, 3.8) is 0 Å². The fourth-order valence-corrected chi connectivity index (χ4v) is 5.37. The van der Waals surface area contributed by atoms with Gasteiger partial charge < -0.3 is 4.74 Å². The predicted octanol–water partition coefficient (Wildman–Crippen LogP) is 3.46. The molecule has 0 radical (unpaired) electrons. The van der Waals surface area contributed by atoms with E-state index in [0.29, 0.717) is 35.2 Å². The maximum absolute atomic E-state index is 13.0. The van der Waals surface area contributed by atoms with Crippen LogP contribution in [0.2, 0.25) is 5.02 Å². The first-order valence-corrected chi connectivity index (χ1v) is 10.7. The van der Waals surface area contributed by atoms with Crippen LogP contribution in [-0.2, 0) is 22.9 Å². The van der Waals surface area contributed by atoms with Crippen LogP contribution >= 0.6 is 11.6 Å². The van der Waals surface area contributed by atoms with E-state index in [4.69, 9.17) is 16.3 Å². The Labute approximate surface area is 159 Å². The summed E-state index contributed by atoms with van der Waals surface area (Å²) in [5.74, 6) is 0.541. The van der Waals surface area contributed by atoms with Gasteiger partial charge in [0.25, 0.3) is 0 Å². The summed E-state index contributed by atoms with van der Waals surface area (Å²) in [6.45, 7) is 0.783. The number of aryl methyl sites for hydroxylation is 2. The molecule has 138 valence electrons. The highest BCUT2D eigenvalue weighted by Crippen LogP contribution is 2.29. The smallest absolute Gasteiger partial charge is 0.243 e. The van der Waals surface area contributed by atoms with Crippen LogP contribution in [-0.4, -0.2) is 36.9 Å². The van der Waals surface area contributed by atoms with Crippen molar-refractivity contribution in [2.24, 2.45) is 0 Å². The lowest BCUT2D eigenvalue weighted by molar-refractivity contribution is 0.215. The number of nitrogens with zero attached hydrogens (tertiary/aromatic N) is 2. The molecule has 1 aliphatic carbocycles.